The van der Waals surface area contributed by atoms with Crippen molar-refractivity contribution in [1.82, 2.24) is 0 Å². The van der Waals surface area contributed by atoms with Crippen LogP contribution in [0.4, 0.5) is 5.00 Å². The van der Waals surface area contributed by atoms with Gasteiger partial charge in [-0.15, -0.1) is 11.3 Å². The van der Waals surface area contributed by atoms with Crippen LogP contribution in [0, 0.1) is 12.8 Å². The molecule has 2 amide bonds. The number of anilines is 1. The van der Waals surface area contributed by atoms with E-state index >= 15 is 0 Å². The lowest BCUT2D eigenvalue weighted by Crippen LogP contribution is -2.19. The molecule has 1 atom stereocenters. The number of aryl methyl sites for hydroxylation is 1. The molecular weight excluding hydrogens is 344 g/mol. The highest BCUT2D eigenvalue weighted by molar-refractivity contribution is 7.17. The average molecular weight is 363 g/mol. The number of benzene rings is 1. The van der Waals surface area contributed by atoms with Crippen molar-refractivity contribution in [2.75, 3.05) is 5.32 Å². The van der Waals surface area contributed by atoms with Crippen molar-refractivity contribution in [3.63, 3.8) is 0 Å². The van der Waals surface area contributed by atoms with Crippen LogP contribution in [-0.2, 0) is 12.8 Å². The van der Waals surface area contributed by atoms with E-state index in [9.17, 15) is 9.59 Å². The molecular formula is C18H19ClN2O2S. The Morgan fingerprint density at radius 3 is 2.79 bits per heavy atom. The standard InChI is InChI=1S/C18H19ClN2O2S/c1-9-3-5-11(13(19)7-9)17(23)21-18-15(16(20)22)12-6-4-10(2)8-14(12)24-18/h3,5,7,10H,4,6,8H2,1-2H3,(H2,20,22)(H,21,23). The van der Waals surface area contributed by atoms with Crippen LogP contribution in [0.25, 0.3) is 0 Å². The molecule has 4 nitrogen and oxygen atoms in total. The summed E-state index contributed by atoms with van der Waals surface area (Å²) in [5.41, 5.74) is 8.39. The fourth-order valence-corrected chi connectivity index (χ4v) is 4.81. The van der Waals surface area contributed by atoms with Crippen LogP contribution in [0.2, 0.25) is 5.02 Å². The average Bonchev–Trinajstić information content (AvgIpc) is 2.83. The minimum atomic E-state index is -0.493. The molecule has 24 heavy (non-hydrogen) atoms. The van der Waals surface area contributed by atoms with Crippen LogP contribution in [0.5, 0.6) is 0 Å². The van der Waals surface area contributed by atoms with Crippen molar-refractivity contribution >= 4 is 39.8 Å². The highest BCUT2D eigenvalue weighted by Gasteiger charge is 2.27. The van der Waals surface area contributed by atoms with Crippen LogP contribution in [0.1, 0.15) is 50.1 Å². The Morgan fingerprint density at radius 2 is 2.12 bits per heavy atom. The van der Waals surface area contributed by atoms with Crippen molar-refractivity contribution in [3.8, 4) is 0 Å². The molecule has 0 spiro atoms. The Kier molecular flexibility index (Phi) is 4.65. The van der Waals surface area contributed by atoms with E-state index in [0.717, 1.165) is 35.3 Å². The normalized spacial score (nSPS) is 16.5. The zero-order valence-electron chi connectivity index (χ0n) is 13.6. The molecule has 0 fully saturated rings. The maximum Gasteiger partial charge on any atom is 0.257 e. The second-order valence-corrected chi connectivity index (χ2v) is 7.87. The minimum absolute atomic E-state index is 0.325. The molecule has 1 aliphatic carbocycles. The Bertz CT molecular complexity index is 829. The molecule has 1 aromatic carbocycles. The molecule has 1 unspecified atom stereocenters. The zero-order valence-corrected chi connectivity index (χ0v) is 15.2. The van der Waals surface area contributed by atoms with Crippen molar-refractivity contribution in [1.29, 1.82) is 0 Å². The Morgan fingerprint density at radius 1 is 1.38 bits per heavy atom. The molecule has 1 aliphatic rings. The number of nitrogens with one attached hydrogen (secondary N) is 1. The number of hydrogen-bond donors (Lipinski definition) is 2. The third kappa shape index (κ3) is 3.19. The van der Waals surface area contributed by atoms with E-state index in [0.29, 0.717) is 27.1 Å². The largest absolute Gasteiger partial charge is 0.365 e. The topological polar surface area (TPSA) is 72.2 Å². The van der Waals surface area contributed by atoms with Gasteiger partial charge in [0.2, 0.25) is 0 Å². The van der Waals surface area contributed by atoms with Crippen molar-refractivity contribution in [3.05, 3.63) is 50.4 Å². The molecule has 126 valence electrons. The van der Waals surface area contributed by atoms with Gasteiger partial charge in [0.1, 0.15) is 5.00 Å². The summed E-state index contributed by atoms with van der Waals surface area (Å²) >= 11 is 7.61. The maximum absolute atomic E-state index is 12.6. The van der Waals surface area contributed by atoms with Crippen LogP contribution in [0.3, 0.4) is 0 Å². The van der Waals surface area contributed by atoms with Gasteiger partial charge < -0.3 is 11.1 Å². The van der Waals surface area contributed by atoms with E-state index < -0.39 is 5.91 Å². The first-order chi connectivity index (χ1) is 11.4. The summed E-state index contributed by atoms with van der Waals surface area (Å²) < 4.78 is 0. The molecule has 0 bridgehead atoms. The zero-order chi connectivity index (χ0) is 17.4. The van der Waals surface area contributed by atoms with Gasteiger partial charge in [-0.05, 0) is 55.4 Å². The van der Waals surface area contributed by atoms with Crippen molar-refractivity contribution < 1.29 is 9.59 Å². The number of hydrogen-bond acceptors (Lipinski definition) is 3. The van der Waals surface area contributed by atoms with Gasteiger partial charge in [0.05, 0.1) is 16.1 Å². The number of fused-ring (bicyclic) bond motifs is 1. The predicted octanol–water partition coefficient (Wildman–Crippen LogP) is 4.19. The summed E-state index contributed by atoms with van der Waals surface area (Å²) in [4.78, 5) is 25.6. The fourth-order valence-electron chi connectivity index (χ4n) is 3.07. The number of halogens is 1. The molecule has 1 heterocycles. The van der Waals surface area contributed by atoms with Crippen LogP contribution < -0.4 is 11.1 Å². The van der Waals surface area contributed by atoms with Crippen LogP contribution in [0.15, 0.2) is 18.2 Å². The van der Waals surface area contributed by atoms with E-state index in [2.05, 4.69) is 12.2 Å². The van der Waals surface area contributed by atoms with Crippen molar-refractivity contribution in [2.24, 2.45) is 11.7 Å². The first kappa shape index (κ1) is 17.0. The van der Waals surface area contributed by atoms with E-state index in [1.807, 2.05) is 13.0 Å². The lowest BCUT2D eigenvalue weighted by Gasteiger charge is -2.18. The third-order valence-corrected chi connectivity index (χ3v) is 5.84. The predicted molar refractivity (Wildman–Crippen MR) is 98.2 cm³/mol. The van der Waals surface area contributed by atoms with E-state index in [1.165, 1.54) is 11.3 Å². The highest BCUT2D eigenvalue weighted by atomic mass is 35.5. The molecule has 0 saturated heterocycles. The molecule has 0 saturated carbocycles. The van der Waals surface area contributed by atoms with Gasteiger partial charge in [0.15, 0.2) is 0 Å². The lowest BCUT2D eigenvalue weighted by molar-refractivity contribution is 0.1000. The molecule has 3 N–H and O–H groups in total. The van der Waals surface area contributed by atoms with Gasteiger partial charge in [0, 0.05) is 4.88 Å². The number of carbonyl (C=O) groups excluding carboxylic acids is 2. The minimum Gasteiger partial charge on any atom is -0.365 e. The van der Waals surface area contributed by atoms with Gasteiger partial charge >= 0.3 is 0 Å². The SMILES string of the molecule is Cc1ccc(C(=O)Nc2sc3c(c2C(N)=O)CCC(C)C3)c(Cl)c1. The first-order valence-corrected chi connectivity index (χ1v) is 9.08. The Balaban J connectivity index is 1.95. The summed E-state index contributed by atoms with van der Waals surface area (Å²) in [5, 5.41) is 3.76. The molecule has 6 heteroatoms. The van der Waals surface area contributed by atoms with E-state index in [4.69, 9.17) is 17.3 Å². The number of carbonyl (C=O) groups is 2. The summed E-state index contributed by atoms with van der Waals surface area (Å²) in [6.45, 7) is 4.10. The van der Waals surface area contributed by atoms with Crippen molar-refractivity contribution in [2.45, 2.75) is 33.1 Å². The fraction of sp³-hybridized carbons (Fsp3) is 0.333. The smallest absolute Gasteiger partial charge is 0.257 e. The van der Waals surface area contributed by atoms with E-state index in [-0.39, 0.29) is 5.91 Å². The second kappa shape index (κ2) is 6.57. The first-order valence-electron chi connectivity index (χ1n) is 7.88. The number of amides is 2. The second-order valence-electron chi connectivity index (χ2n) is 6.36. The molecule has 0 aliphatic heterocycles. The van der Waals surface area contributed by atoms with Gasteiger partial charge in [0.25, 0.3) is 11.8 Å². The summed E-state index contributed by atoms with van der Waals surface area (Å²) in [7, 11) is 0. The number of primary amides is 1. The maximum atomic E-state index is 12.6. The number of rotatable bonds is 3. The Labute approximate surface area is 150 Å². The monoisotopic (exact) mass is 362 g/mol. The summed E-state index contributed by atoms with van der Waals surface area (Å²) in [6.07, 6.45) is 2.77. The van der Waals surface area contributed by atoms with E-state index in [1.54, 1.807) is 12.1 Å². The quantitative estimate of drug-likeness (QED) is 0.859. The summed E-state index contributed by atoms with van der Waals surface area (Å²) in [6, 6.07) is 5.26. The van der Waals surface area contributed by atoms with Gasteiger partial charge in [-0.2, -0.15) is 0 Å². The van der Waals surface area contributed by atoms with Crippen LogP contribution >= 0.6 is 22.9 Å². The Hall–Kier alpha value is -1.85. The molecule has 3 rings (SSSR count). The highest BCUT2D eigenvalue weighted by Crippen LogP contribution is 2.39. The van der Waals surface area contributed by atoms with Gasteiger partial charge in [-0.25, -0.2) is 0 Å². The number of nitrogens with two attached hydrogens (primary N) is 1. The lowest BCUT2D eigenvalue weighted by atomic mass is 9.88. The molecule has 1 aromatic heterocycles. The van der Waals surface area contributed by atoms with Crippen LogP contribution in [-0.4, -0.2) is 11.8 Å². The van der Waals surface area contributed by atoms with Gasteiger partial charge in [-0.1, -0.05) is 24.6 Å². The van der Waals surface area contributed by atoms with Gasteiger partial charge in [-0.3, -0.25) is 9.59 Å². The molecule has 2 aromatic rings. The summed E-state index contributed by atoms with van der Waals surface area (Å²) in [5.74, 6) is -0.242. The number of thiophene rings is 1. The molecule has 0 radical (unpaired) electrons. The third-order valence-electron chi connectivity index (χ3n) is 4.35.